The molecule has 0 unspecified atom stereocenters. The molecule has 2 aromatic carbocycles. The summed E-state index contributed by atoms with van der Waals surface area (Å²) in [7, 11) is 1.61. The Morgan fingerprint density at radius 1 is 1.19 bits per heavy atom. The molecule has 0 aromatic heterocycles. The molecule has 0 bridgehead atoms. The first-order valence-corrected chi connectivity index (χ1v) is 8.28. The molecule has 2 amide bonds. The second kappa shape index (κ2) is 8.24. The highest BCUT2D eigenvalue weighted by atomic mass is 16.5. The number of hydrogen-bond acceptors (Lipinski definition) is 5. The highest BCUT2D eigenvalue weighted by Crippen LogP contribution is 2.35. The van der Waals surface area contributed by atoms with E-state index in [9.17, 15) is 9.59 Å². The third-order valence-electron chi connectivity index (χ3n) is 3.79. The van der Waals surface area contributed by atoms with Crippen LogP contribution in [0.25, 0.3) is 0 Å². The van der Waals surface area contributed by atoms with E-state index in [-0.39, 0.29) is 18.4 Å². The Morgan fingerprint density at radius 2 is 1.96 bits per heavy atom. The maximum atomic E-state index is 12.1. The third kappa shape index (κ3) is 4.44. The van der Waals surface area contributed by atoms with Gasteiger partial charge in [0.05, 0.1) is 25.1 Å². The zero-order valence-corrected chi connectivity index (χ0v) is 14.4. The zero-order chi connectivity index (χ0) is 18.4. The first-order chi connectivity index (χ1) is 12.7. The maximum absolute atomic E-state index is 12.1. The average Bonchev–Trinajstić information content (AvgIpc) is 2.65. The number of methoxy groups -OCH3 is 1. The fourth-order valence-electron chi connectivity index (χ4n) is 2.52. The van der Waals surface area contributed by atoms with Gasteiger partial charge in [0.15, 0.2) is 12.4 Å². The Hall–Kier alpha value is -3.22. The van der Waals surface area contributed by atoms with E-state index in [0.717, 1.165) is 11.5 Å². The van der Waals surface area contributed by atoms with E-state index in [0.29, 0.717) is 36.6 Å². The van der Waals surface area contributed by atoms with Crippen molar-refractivity contribution >= 4 is 23.2 Å². The van der Waals surface area contributed by atoms with Gasteiger partial charge in [-0.15, -0.1) is 0 Å². The van der Waals surface area contributed by atoms with Gasteiger partial charge >= 0.3 is 0 Å². The minimum Gasteiger partial charge on any atom is -0.497 e. The van der Waals surface area contributed by atoms with Gasteiger partial charge in [-0.3, -0.25) is 9.59 Å². The van der Waals surface area contributed by atoms with E-state index in [1.165, 1.54) is 0 Å². The molecule has 0 saturated heterocycles. The number of hydrogen-bond donors (Lipinski definition) is 2. The molecule has 7 heteroatoms. The lowest BCUT2D eigenvalue weighted by Crippen LogP contribution is -2.26. The Labute approximate surface area is 151 Å². The molecule has 0 atom stereocenters. The summed E-state index contributed by atoms with van der Waals surface area (Å²) < 4.78 is 16.1. The maximum Gasteiger partial charge on any atom is 0.262 e. The number of rotatable bonds is 7. The smallest absolute Gasteiger partial charge is 0.262 e. The molecule has 0 aliphatic carbocycles. The fourth-order valence-corrected chi connectivity index (χ4v) is 2.52. The summed E-state index contributed by atoms with van der Waals surface area (Å²) in [4.78, 5) is 23.5. The molecule has 1 aliphatic heterocycles. The number of carbonyl (C=O) groups excluding carboxylic acids is 2. The van der Waals surface area contributed by atoms with E-state index in [2.05, 4.69) is 10.6 Å². The molecule has 0 spiro atoms. The molecule has 1 aliphatic rings. The number of ether oxygens (including phenoxy) is 3. The summed E-state index contributed by atoms with van der Waals surface area (Å²) in [5.74, 6) is 1.62. The zero-order valence-electron chi connectivity index (χ0n) is 14.4. The van der Waals surface area contributed by atoms with Crippen LogP contribution in [0.5, 0.6) is 17.2 Å². The molecule has 0 fully saturated rings. The van der Waals surface area contributed by atoms with Crippen molar-refractivity contribution in [2.75, 3.05) is 31.0 Å². The van der Waals surface area contributed by atoms with Gasteiger partial charge in [0.1, 0.15) is 11.5 Å². The highest BCUT2D eigenvalue weighted by molar-refractivity contribution is 5.99. The van der Waals surface area contributed by atoms with Gasteiger partial charge in [-0.2, -0.15) is 0 Å². The fraction of sp³-hybridized carbons (Fsp3) is 0.263. The summed E-state index contributed by atoms with van der Waals surface area (Å²) in [5, 5.41) is 5.52. The van der Waals surface area contributed by atoms with Crippen molar-refractivity contribution in [1.29, 1.82) is 0 Å². The van der Waals surface area contributed by atoms with Gasteiger partial charge in [0, 0.05) is 6.42 Å². The number of benzene rings is 2. The first-order valence-electron chi connectivity index (χ1n) is 8.28. The predicted molar refractivity (Wildman–Crippen MR) is 96.9 cm³/mol. The number of para-hydroxylation sites is 1. The molecule has 2 N–H and O–H groups in total. The Bertz CT molecular complexity index is 789. The van der Waals surface area contributed by atoms with Gasteiger partial charge in [-0.25, -0.2) is 0 Å². The van der Waals surface area contributed by atoms with Crippen molar-refractivity contribution < 1.29 is 23.8 Å². The normalized spacial score (nSPS) is 12.4. The minimum absolute atomic E-state index is 0.0599. The van der Waals surface area contributed by atoms with Gasteiger partial charge in [0.2, 0.25) is 5.91 Å². The number of fused-ring (bicyclic) bond motifs is 1. The molecule has 3 rings (SSSR count). The van der Waals surface area contributed by atoms with Gasteiger partial charge in [-0.05, 0) is 42.8 Å². The molecule has 26 heavy (non-hydrogen) atoms. The summed E-state index contributed by atoms with van der Waals surface area (Å²) >= 11 is 0. The standard InChI is InChI=1S/C19H20N2O5/c1-24-13-7-9-14(10-8-13)25-11-3-6-17(22)20-15-4-2-5-16-19(15)26-12-18(23)21-16/h2,4-5,7-10H,3,6,11-12H2,1H3,(H,20,22)(H,21,23). The van der Waals surface area contributed by atoms with Gasteiger partial charge < -0.3 is 24.8 Å². The number of nitrogens with one attached hydrogen (secondary N) is 2. The predicted octanol–water partition coefficient (Wildman–Crippen LogP) is 2.82. The van der Waals surface area contributed by atoms with Crippen LogP contribution < -0.4 is 24.8 Å². The van der Waals surface area contributed by atoms with Crippen molar-refractivity contribution in [3.8, 4) is 17.2 Å². The van der Waals surface area contributed by atoms with Crippen LogP contribution in [0.3, 0.4) is 0 Å². The van der Waals surface area contributed by atoms with Crippen LogP contribution in [0.1, 0.15) is 12.8 Å². The van der Waals surface area contributed by atoms with Crippen molar-refractivity contribution in [2.45, 2.75) is 12.8 Å². The van der Waals surface area contributed by atoms with Crippen molar-refractivity contribution in [3.63, 3.8) is 0 Å². The summed E-state index contributed by atoms with van der Waals surface area (Å²) in [6, 6.07) is 12.5. The average molecular weight is 356 g/mol. The van der Waals surface area contributed by atoms with Crippen LogP contribution in [-0.2, 0) is 9.59 Å². The molecule has 0 saturated carbocycles. The summed E-state index contributed by atoms with van der Waals surface area (Å²) in [6.07, 6.45) is 0.886. The summed E-state index contributed by atoms with van der Waals surface area (Å²) in [5.41, 5.74) is 1.10. The van der Waals surface area contributed by atoms with Crippen molar-refractivity contribution in [3.05, 3.63) is 42.5 Å². The monoisotopic (exact) mass is 356 g/mol. The first kappa shape index (κ1) is 17.6. The molecule has 7 nitrogen and oxygen atoms in total. The lowest BCUT2D eigenvalue weighted by Gasteiger charge is -2.20. The molecular weight excluding hydrogens is 336 g/mol. The second-order valence-corrected chi connectivity index (χ2v) is 5.69. The van der Waals surface area contributed by atoms with E-state index in [4.69, 9.17) is 14.2 Å². The quantitative estimate of drug-likeness (QED) is 0.745. The second-order valence-electron chi connectivity index (χ2n) is 5.69. The molecule has 0 radical (unpaired) electrons. The number of anilines is 2. The van der Waals surface area contributed by atoms with Crippen molar-refractivity contribution in [2.24, 2.45) is 0 Å². The largest absolute Gasteiger partial charge is 0.497 e. The van der Waals surface area contributed by atoms with Crippen LogP contribution >= 0.6 is 0 Å². The summed E-state index contributed by atoms with van der Waals surface area (Å²) in [6.45, 7) is 0.370. The van der Waals surface area contributed by atoms with E-state index in [1.54, 1.807) is 25.3 Å². The van der Waals surface area contributed by atoms with Crippen LogP contribution in [0.2, 0.25) is 0 Å². The Kier molecular flexibility index (Phi) is 5.58. The van der Waals surface area contributed by atoms with Crippen LogP contribution in [0.15, 0.2) is 42.5 Å². The Morgan fingerprint density at radius 3 is 2.73 bits per heavy atom. The van der Waals surface area contributed by atoms with Crippen LogP contribution in [0, 0.1) is 0 Å². The lowest BCUT2D eigenvalue weighted by molar-refractivity contribution is -0.118. The van der Waals surface area contributed by atoms with Gasteiger partial charge in [0.25, 0.3) is 5.91 Å². The van der Waals surface area contributed by atoms with E-state index >= 15 is 0 Å². The molecular formula is C19H20N2O5. The third-order valence-corrected chi connectivity index (χ3v) is 3.79. The topological polar surface area (TPSA) is 85.9 Å². The van der Waals surface area contributed by atoms with Crippen molar-refractivity contribution in [1.82, 2.24) is 0 Å². The van der Waals surface area contributed by atoms with E-state index < -0.39 is 0 Å². The number of amides is 2. The number of carbonyl (C=O) groups is 2. The minimum atomic E-state index is -0.211. The molecule has 136 valence electrons. The SMILES string of the molecule is COc1ccc(OCCCC(=O)Nc2cccc3c2OCC(=O)N3)cc1. The molecule has 2 aromatic rings. The van der Waals surface area contributed by atoms with Crippen LogP contribution in [0.4, 0.5) is 11.4 Å². The highest BCUT2D eigenvalue weighted by Gasteiger charge is 2.19. The van der Waals surface area contributed by atoms with Gasteiger partial charge in [-0.1, -0.05) is 6.07 Å². The lowest BCUT2D eigenvalue weighted by atomic mass is 10.2. The molecule has 1 heterocycles. The van der Waals surface area contributed by atoms with Crippen LogP contribution in [-0.4, -0.2) is 32.1 Å². The van der Waals surface area contributed by atoms with E-state index in [1.807, 2.05) is 24.3 Å². The Balaban J connectivity index is 1.46.